The van der Waals surface area contributed by atoms with Gasteiger partial charge in [-0.15, -0.1) is 0 Å². The van der Waals surface area contributed by atoms with Crippen molar-refractivity contribution in [2.45, 2.75) is 6.54 Å². The standard InChI is InChI=1S/C23H21N3O5/c1-28-18-11-16(12-19(29-2)20(18)30-3)22(27)25-13-14-6-8-15(9-7-14)23-26-21-17(31-23)5-4-10-24-21/h4-12H,13H2,1-3H3,(H,25,27). The fourth-order valence-corrected chi connectivity index (χ4v) is 3.15. The zero-order valence-corrected chi connectivity index (χ0v) is 17.3. The van der Waals surface area contributed by atoms with Crippen LogP contribution in [0.25, 0.3) is 22.7 Å². The first-order valence-corrected chi connectivity index (χ1v) is 9.52. The van der Waals surface area contributed by atoms with Crippen molar-refractivity contribution in [1.29, 1.82) is 0 Å². The van der Waals surface area contributed by atoms with E-state index in [-0.39, 0.29) is 5.91 Å². The summed E-state index contributed by atoms with van der Waals surface area (Å²) in [6.45, 7) is 0.352. The number of rotatable bonds is 7. The van der Waals surface area contributed by atoms with Crippen LogP contribution < -0.4 is 19.5 Å². The van der Waals surface area contributed by atoms with E-state index >= 15 is 0 Å². The van der Waals surface area contributed by atoms with Gasteiger partial charge in [-0.2, -0.15) is 4.98 Å². The van der Waals surface area contributed by atoms with Gasteiger partial charge in [-0.3, -0.25) is 4.79 Å². The van der Waals surface area contributed by atoms with E-state index in [1.54, 1.807) is 24.4 Å². The number of nitrogens with zero attached hydrogens (tertiary/aromatic N) is 2. The van der Waals surface area contributed by atoms with Gasteiger partial charge in [-0.25, -0.2) is 4.98 Å². The van der Waals surface area contributed by atoms with Crippen LogP contribution in [0, 0.1) is 0 Å². The van der Waals surface area contributed by atoms with Crippen LogP contribution in [0.4, 0.5) is 0 Å². The molecule has 158 valence electrons. The third-order valence-electron chi connectivity index (χ3n) is 4.75. The summed E-state index contributed by atoms with van der Waals surface area (Å²) < 4.78 is 21.6. The number of methoxy groups -OCH3 is 3. The third kappa shape index (κ3) is 4.13. The molecule has 4 rings (SSSR count). The third-order valence-corrected chi connectivity index (χ3v) is 4.75. The number of hydrogen-bond acceptors (Lipinski definition) is 7. The summed E-state index contributed by atoms with van der Waals surface area (Å²) in [6, 6.07) is 14.5. The van der Waals surface area contributed by atoms with E-state index in [0.717, 1.165) is 11.1 Å². The van der Waals surface area contributed by atoms with Crippen LogP contribution >= 0.6 is 0 Å². The Morgan fingerprint density at radius 1 is 1.00 bits per heavy atom. The molecule has 0 saturated carbocycles. The monoisotopic (exact) mass is 419 g/mol. The molecule has 2 aromatic heterocycles. The molecule has 0 aliphatic carbocycles. The molecule has 0 unspecified atom stereocenters. The summed E-state index contributed by atoms with van der Waals surface area (Å²) in [5.74, 6) is 1.52. The first-order valence-electron chi connectivity index (χ1n) is 9.52. The summed E-state index contributed by atoms with van der Waals surface area (Å²) in [4.78, 5) is 21.2. The van der Waals surface area contributed by atoms with Crippen LogP contribution in [0.5, 0.6) is 17.2 Å². The Morgan fingerprint density at radius 3 is 2.32 bits per heavy atom. The molecule has 0 fully saturated rings. The number of nitrogens with one attached hydrogen (secondary N) is 1. The average molecular weight is 419 g/mol. The highest BCUT2D eigenvalue weighted by Gasteiger charge is 2.17. The van der Waals surface area contributed by atoms with Gasteiger partial charge in [0.15, 0.2) is 22.7 Å². The normalized spacial score (nSPS) is 10.7. The highest BCUT2D eigenvalue weighted by molar-refractivity contribution is 5.95. The molecule has 1 amide bonds. The molecule has 2 heterocycles. The largest absolute Gasteiger partial charge is 0.493 e. The van der Waals surface area contributed by atoms with E-state index in [1.165, 1.54) is 21.3 Å². The Bertz CT molecular complexity index is 1160. The molecular formula is C23H21N3O5. The van der Waals surface area contributed by atoms with Crippen LogP contribution in [0.3, 0.4) is 0 Å². The van der Waals surface area contributed by atoms with Crippen LogP contribution in [0.15, 0.2) is 59.1 Å². The van der Waals surface area contributed by atoms with Gasteiger partial charge < -0.3 is 23.9 Å². The summed E-state index contributed by atoms with van der Waals surface area (Å²) in [7, 11) is 4.53. The van der Waals surface area contributed by atoms with Gasteiger partial charge in [-0.05, 0) is 42.0 Å². The number of aromatic nitrogens is 2. The Balaban J connectivity index is 1.46. The van der Waals surface area contributed by atoms with Crippen LogP contribution in [-0.2, 0) is 6.54 Å². The predicted octanol–water partition coefficient (Wildman–Crippen LogP) is 3.85. The molecule has 1 N–H and O–H groups in total. The van der Waals surface area contributed by atoms with E-state index < -0.39 is 0 Å². The van der Waals surface area contributed by atoms with Gasteiger partial charge in [0.25, 0.3) is 5.91 Å². The maximum Gasteiger partial charge on any atom is 0.251 e. The van der Waals surface area contributed by atoms with Crippen LogP contribution in [0.1, 0.15) is 15.9 Å². The molecule has 0 radical (unpaired) electrons. The van der Waals surface area contributed by atoms with Crippen LogP contribution in [-0.4, -0.2) is 37.2 Å². The minimum atomic E-state index is -0.256. The number of oxazole rings is 1. The number of pyridine rings is 1. The van der Waals surface area contributed by atoms with E-state index in [4.69, 9.17) is 18.6 Å². The second-order valence-corrected chi connectivity index (χ2v) is 6.64. The lowest BCUT2D eigenvalue weighted by molar-refractivity contribution is 0.0950. The predicted molar refractivity (Wildman–Crippen MR) is 115 cm³/mol. The number of hydrogen-bond donors (Lipinski definition) is 1. The lowest BCUT2D eigenvalue weighted by atomic mass is 10.1. The van der Waals surface area contributed by atoms with Crippen molar-refractivity contribution in [2.75, 3.05) is 21.3 Å². The minimum absolute atomic E-state index is 0.256. The van der Waals surface area contributed by atoms with Crippen molar-refractivity contribution in [1.82, 2.24) is 15.3 Å². The van der Waals surface area contributed by atoms with Gasteiger partial charge in [-0.1, -0.05) is 12.1 Å². The van der Waals surface area contributed by atoms with Gasteiger partial charge in [0, 0.05) is 23.9 Å². The first kappa shape index (κ1) is 20.2. The molecule has 0 aliphatic rings. The second-order valence-electron chi connectivity index (χ2n) is 6.64. The van der Waals surface area contributed by atoms with Crippen molar-refractivity contribution in [3.63, 3.8) is 0 Å². The lowest BCUT2D eigenvalue weighted by Crippen LogP contribution is -2.22. The number of fused-ring (bicyclic) bond motifs is 1. The van der Waals surface area contributed by atoms with Gasteiger partial charge >= 0.3 is 0 Å². The molecule has 0 atom stereocenters. The van der Waals surface area contributed by atoms with E-state index in [2.05, 4.69) is 15.3 Å². The molecule has 4 aromatic rings. The molecule has 0 spiro atoms. The van der Waals surface area contributed by atoms with Gasteiger partial charge in [0.2, 0.25) is 11.6 Å². The highest BCUT2D eigenvalue weighted by atomic mass is 16.5. The molecule has 8 heteroatoms. The summed E-state index contributed by atoms with van der Waals surface area (Å²) in [6.07, 6.45) is 1.68. The quantitative estimate of drug-likeness (QED) is 0.486. The summed E-state index contributed by atoms with van der Waals surface area (Å²) in [5.41, 5.74) is 3.37. The highest BCUT2D eigenvalue weighted by Crippen LogP contribution is 2.38. The average Bonchev–Trinajstić information content (AvgIpc) is 3.26. The molecule has 8 nitrogen and oxygen atoms in total. The van der Waals surface area contributed by atoms with Crippen molar-refractivity contribution in [2.24, 2.45) is 0 Å². The van der Waals surface area contributed by atoms with Gasteiger partial charge in [0.05, 0.1) is 21.3 Å². The topological polar surface area (TPSA) is 95.7 Å². The van der Waals surface area contributed by atoms with Crippen molar-refractivity contribution >= 4 is 17.1 Å². The fourth-order valence-electron chi connectivity index (χ4n) is 3.15. The zero-order chi connectivity index (χ0) is 21.8. The second kappa shape index (κ2) is 8.74. The molecule has 0 bridgehead atoms. The minimum Gasteiger partial charge on any atom is -0.493 e. The maximum atomic E-state index is 12.6. The Labute approximate surface area is 178 Å². The lowest BCUT2D eigenvalue weighted by Gasteiger charge is -2.14. The van der Waals surface area contributed by atoms with Crippen molar-refractivity contribution in [3.8, 4) is 28.7 Å². The molecule has 0 aliphatic heterocycles. The van der Waals surface area contributed by atoms with Crippen LogP contribution in [0.2, 0.25) is 0 Å². The number of carbonyl (C=O) groups is 1. The number of amides is 1. The Hall–Kier alpha value is -4.07. The number of ether oxygens (including phenoxy) is 3. The van der Waals surface area contributed by atoms with Gasteiger partial charge in [0.1, 0.15) is 0 Å². The van der Waals surface area contributed by atoms with E-state index in [9.17, 15) is 4.79 Å². The number of carbonyl (C=O) groups excluding carboxylic acids is 1. The Kier molecular flexibility index (Phi) is 5.70. The smallest absolute Gasteiger partial charge is 0.251 e. The zero-order valence-electron chi connectivity index (χ0n) is 17.3. The first-order chi connectivity index (χ1) is 15.1. The van der Waals surface area contributed by atoms with Crippen molar-refractivity contribution < 1.29 is 23.4 Å². The van der Waals surface area contributed by atoms with E-state index in [0.29, 0.717) is 46.5 Å². The summed E-state index contributed by atoms with van der Waals surface area (Å²) >= 11 is 0. The SMILES string of the molecule is COc1cc(C(=O)NCc2ccc(-c3nc4ncccc4o3)cc2)cc(OC)c1OC. The molecule has 31 heavy (non-hydrogen) atoms. The number of benzene rings is 2. The maximum absolute atomic E-state index is 12.6. The van der Waals surface area contributed by atoms with Crippen molar-refractivity contribution in [3.05, 3.63) is 65.9 Å². The molecular weight excluding hydrogens is 398 g/mol. The molecule has 0 saturated heterocycles. The summed E-state index contributed by atoms with van der Waals surface area (Å²) in [5, 5.41) is 2.90. The Morgan fingerprint density at radius 2 is 1.71 bits per heavy atom. The molecule has 2 aromatic carbocycles. The van der Waals surface area contributed by atoms with E-state index in [1.807, 2.05) is 30.3 Å². The fraction of sp³-hybridized carbons (Fsp3) is 0.174.